The fourth-order valence-electron chi connectivity index (χ4n) is 1.28. The van der Waals surface area contributed by atoms with Crippen molar-refractivity contribution in [1.29, 1.82) is 0 Å². The Morgan fingerprint density at radius 2 is 1.89 bits per heavy atom. The molecule has 0 aliphatic heterocycles. The number of carbonyl (C=O) groups excluding carboxylic acids is 1. The largest absolute Gasteiger partial charge is 0.478 e. The van der Waals surface area contributed by atoms with E-state index in [2.05, 4.69) is 0 Å². The minimum Gasteiger partial charge on any atom is -0.478 e. The maximum absolute atomic E-state index is 13.5. The van der Waals surface area contributed by atoms with E-state index in [9.17, 15) is 24.2 Å². The first kappa shape index (κ1) is 14.4. The summed E-state index contributed by atoms with van der Waals surface area (Å²) in [5, 5.41) is 27.0. The van der Waals surface area contributed by atoms with Crippen LogP contribution in [-0.4, -0.2) is 33.3 Å². The number of carboxylic acid groups (broad SMARTS) is 1. The third-order valence-electron chi connectivity index (χ3n) is 2.23. The number of nitrogens with two attached hydrogens (primary N) is 1. The number of hydrogen-bond donors (Lipinski definition) is 4. The van der Waals surface area contributed by atoms with Gasteiger partial charge >= 0.3 is 5.97 Å². The van der Waals surface area contributed by atoms with Gasteiger partial charge in [-0.3, -0.25) is 4.79 Å². The minimum atomic E-state index is -2.02. The zero-order valence-electron chi connectivity index (χ0n) is 8.80. The van der Waals surface area contributed by atoms with E-state index in [1.165, 1.54) is 0 Å². The second-order valence-corrected chi connectivity index (χ2v) is 3.86. The molecule has 0 bridgehead atoms. The van der Waals surface area contributed by atoms with Gasteiger partial charge < -0.3 is 21.1 Å². The van der Waals surface area contributed by atoms with Crippen LogP contribution >= 0.6 is 11.6 Å². The van der Waals surface area contributed by atoms with E-state index in [0.717, 1.165) is 6.07 Å². The molecule has 0 spiro atoms. The highest BCUT2D eigenvalue weighted by Crippen LogP contribution is 2.27. The van der Waals surface area contributed by atoms with Gasteiger partial charge in [-0.05, 0) is 12.1 Å². The van der Waals surface area contributed by atoms with Crippen LogP contribution in [0.5, 0.6) is 0 Å². The third kappa shape index (κ3) is 2.76. The van der Waals surface area contributed by atoms with Crippen LogP contribution in [0.15, 0.2) is 12.1 Å². The summed E-state index contributed by atoms with van der Waals surface area (Å²) in [5.74, 6) is -3.82. The maximum atomic E-state index is 13.5. The molecular weight excluding hydrogens is 269 g/mol. The minimum absolute atomic E-state index is 0.338. The molecule has 8 heteroatoms. The molecule has 2 unspecified atom stereocenters. The third-order valence-corrected chi connectivity index (χ3v) is 2.54. The Bertz CT molecular complexity index is 507. The van der Waals surface area contributed by atoms with Gasteiger partial charge in [0, 0.05) is 5.56 Å². The Kier molecular flexibility index (Phi) is 4.23. The Hall–Kier alpha value is -1.70. The molecule has 1 amide bonds. The zero-order valence-corrected chi connectivity index (χ0v) is 9.56. The number of aromatic carboxylic acids is 1. The number of primary amides is 1. The lowest BCUT2D eigenvalue weighted by atomic mass is 10.0. The van der Waals surface area contributed by atoms with Crippen molar-refractivity contribution in [3.05, 3.63) is 34.1 Å². The number of aliphatic hydroxyl groups excluding tert-OH is 2. The van der Waals surface area contributed by atoms with Crippen molar-refractivity contribution in [3.8, 4) is 0 Å². The van der Waals surface area contributed by atoms with Crippen molar-refractivity contribution in [2.24, 2.45) is 5.73 Å². The van der Waals surface area contributed by atoms with Gasteiger partial charge in [0.1, 0.15) is 11.9 Å². The zero-order chi connectivity index (χ0) is 14.0. The van der Waals surface area contributed by atoms with E-state index in [1.807, 2.05) is 0 Å². The van der Waals surface area contributed by atoms with E-state index in [0.29, 0.717) is 6.07 Å². The molecule has 0 aliphatic carbocycles. The molecule has 5 N–H and O–H groups in total. The summed E-state index contributed by atoms with van der Waals surface area (Å²) in [6.07, 6.45) is -3.95. The van der Waals surface area contributed by atoms with E-state index in [4.69, 9.17) is 22.4 Å². The lowest BCUT2D eigenvalue weighted by Crippen LogP contribution is -2.34. The van der Waals surface area contributed by atoms with Gasteiger partial charge in [0.15, 0.2) is 6.10 Å². The second kappa shape index (κ2) is 5.30. The van der Waals surface area contributed by atoms with Gasteiger partial charge in [-0.25, -0.2) is 9.18 Å². The fraction of sp³-hybridized carbons (Fsp3) is 0.200. The van der Waals surface area contributed by atoms with Crippen molar-refractivity contribution in [2.75, 3.05) is 0 Å². The average molecular weight is 278 g/mol. The molecule has 2 atom stereocenters. The SMILES string of the molecule is NC(=O)C(O)C(O)c1cc(Cl)c(C(=O)O)cc1F. The lowest BCUT2D eigenvalue weighted by molar-refractivity contribution is -0.132. The molecule has 1 aromatic rings. The number of rotatable bonds is 4. The molecular formula is C10H9ClFNO5. The van der Waals surface area contributed by atoms with Crippen molar-refractivity contribution in [2.45, 2.75) is 12.2 Å². The summed E-state index contributed by atoms with van der Waals surface area (Å²) in [6.45, 7) is 0. The second-order valence-electron chi connectivity index (χ2n) is 3.45. The van der Waals surface area contributed by atoms with E-state index in [1.54, 1.807) is 0 Å². The maximum Gasteiger partial charge on any atom is 0.337 e. The van der Waals surface area contributed by atoms with Crippen molar-refractivity contribution in [1.82, 2.24) is 0 Å². The van der Waals surface area contributed by atoms with Crippen LogP contribution in [0.3, 0.4) is 0 Å². The summed E-state index contributed by atoms with van der Waals surface area (Å²) in [6, 6.07) is 1.40. The predicted molar refractivity (Wildman–Crippen MR) is 58.5 cm³/mol. The average Bonchev–Trinajstić information content (AvgIpc) is 2.29. The van der Waals surface area contributed by atoms with Gasteiger partial charge in [0.25, 0.3) is 0 Å². The molecule has 1 rings (SSSR count). The molecule has 0 saturated heterocycles. The highest BCUT2D eigenvalue weighted by Gasteiger charge is 2.27. The van der Waals surface area contributed by atoms with Crippen LogP contribution in [0.2, 0.25) is 5.02 Å². The Morgan fingerprint density at radius 3 is 2.33 bits per heavy atom. The van der Waals surface area contributed by atoms with Crippen LogP contribution in [0.25, 0.3) is 0 Å². The number of hydrogen-bond acceptors (Lipinski definition) is 4. The summed E-state index contributed by atoms with van der Waals surface area (Å²) >= 11 is 5.57. The van der Waals surface area contributed by atoms with E-state index >= 15 is 0 Å². The number of carboxylic acids is 1. The first-order valence-corrected chi connectivity index (χ1v) is 5.01. The molecule has 98 valence electrons. The summed E-state index contributed by atoms with van der Waals surface area (Å²) in [4.78, 5) is 21.3. The Labute approximate surface area is 105 Å². The predicted octanol–water partition coefficient (Wildman–Crippen LogP) is 0.0569. The molecule has 0 fully saturated rings. The van der Waals surface area contributed by atoms with E-state index in [-0.39, 0.29) is 5.02 Å². The molecule has 1 aromatic carbocycles. The fourth-order valence-corrected chi connectivity index (χ4v) is 1.53. The normalized spacial score (nSPS) is 14.0. The highest BCUT2D eigenvalue weighted by molar-refractivity contribution is 6.33. The van der Waals surface area contributed by atoms with Crippen molar-refractivity contribution >= 4 is 23.5 Å². The Balaban J connectivity index is 3.23. The van der Waals surface area contributed by atoms with Crippen LogP contribution in [0.4, 0.5) is 4.39 Å². The number of amides is 1. The number of benzene rings is 1. The quantitative estimate of drug-likeness (QED) is 0.620. The topological polar surface area (TPSA) is 121 Å². The lowest BCUT2D eigenvalue weighted by Gasteiger charge is -2.16. The molecule has 0 aromatic heterocycles. The van der Waals surface area contributed by atoms with Crippen molar-refractivity contribution < 1.29 is 29.3 Å². The van der Waals surface area contributed by atoms with Gasteiger partial charge in [-0.15, -0.1) is 0 Å². The summed E-state index contributed by atoms with van der Waals surface area (Å²) < 4.78 is 13.5. The first-order chi connectivity index (χ1) is 8.25. The highest BCUT2D eigenvalue weighted by atomic mass is 35.5. The van der Waals surface area contributed by atoms with Gasteiger partial charge in [0.2, 0.25) is 5.91 Å². The number of halogens is 2. The van der Waals surface area contributed by atoms with Crippen LogP contribution in [0.1, 0.15) is 22.0 Å². The van der Waals surface area contributed by atoms with Crippen LogP contribution < -0.4 is 5.73 Å². The Morgan fingerprint density at radius 1 is 1.33 bits per heavy atom. The van der Waals surface area contributed by atoms with Gasteiger partial charge in [0.05, 0.1) is 10.6 Å². The van der Waals surface area contributed by atoms with Gasteiger partial charge in [-0.1, -0.05) is 11.6 Å². The molecule has 6 nitrogen and oxygen atoms in total. The standard InChI is InChI=1S/C10H9ClFNO5/c11-5-1-4(7(14)8(15)9(13)16)6(12)2-3(5)10(17)18/h1-2,7-8,14-15H,(H2,13,16)(H,17,18). The smallest absolute Gasteiger partial charge is 0.337 e. The van der Waals surface area contributed by atoms with Crippen LogP contribution in [-0.2, 0) is 4.79 Å². The first-order valence-electron chi connectivity index (χ1n) is 4.63. The number of aliphatic hydroxyl groups is 2. The molecule has 18 heavy (non-hydrogen) atoms. The molecule has 0 heterocycles. The van der Waals surface area contributed by atoms with E-state index < -0.39 is 41.0 Å². The van der Waals surface area contributed by atoms with Crippen molar-refractivity contribution in [3.63, 3.8) is 0 Å². The molecule has 0 radical (unpaired) electrons. The van der Waals surface area contributed by atoms with Crippen LogP contribution in [0, 0.1) is 5.82 Å². The molecule has 0 aliphatic rings. The summed E-state index contributed by atoms with van der Waals surface area (Å²) in [5.41, 5.74) is 3.72. The summed E-state index contributed by atoms with van der Waals surface area (Å²) in [7, 11) is 0. The molecule has 0 saturated carbocycles. The number of carbonyl (C=O) groups is 2. The monoisotopic (exact) mass is 277 g/mol. The van der Waals surface area contributed by atoms with Gasteiger partial charge in [-0.2, -0.15) is 0 Å².